The maximum atomic E-state index is 5.66. The predicted molar refractivity (Wildman–Crippen MR) is 72.1 cm³/mol. The fourth-order valence-electron chi connectivity index (χ4n) is 1.66. The van der Waals surface area contributed by atoms with E-state index in [1.807, 2.05) is 31.3 Å². The van der Waals surface area contributed by atoms with E-state index in [-0.39, 0.29) is 0 Å². The smallest absolute Gasteiger partial charge is 0.219 e. The zero-order chi connectivity index (χ0) is 13.5. The first-order valence-corrected chi connectivity index (χ1v) is 6.03. The number of aromatic nitrogens is 2. The first kappa shape index (κ1) is 13.3. The molecule has 0 atom stereocenters. The summed E-state index contributed by atoms with van der Waals surface area (Å²) in [5.74, 6) is 1.31. The van der Waals surface area contributed by atoms with Gasteiger partial charge in [0.1, 0.15) is 12.4 Å². The van der Waals surface area contributed by atoms with Gasteiger partial charge in [0.15, 0.2) is 0 Å². The molecule has 2 rings (SSSR count). The number of rotatable bonds is 6. The highest BCUT2D eigenvalue weighted by molar-refractivity contribution is 5.26. The molecule has 2 heterocycles. The van der Waals surface area contributed by atoms with Gasteiger partial charge in [-0.25, -0.2) is 4.98 Å². The first-order valence-electron chi connectivity index (χ1n) is 6.03. The molecule has 0 aliphatic carbocycles. The number of nitrogens with zero attached hydrogens (tertiary/aromatic N) is 2. The number of ether oxygens (including phenoxy) is 2. The predicted octanol–water partition coefficient (Wildman–Crippen LogP) is 1.78. The highest BCUT2D eigenvalue weighted by Crippen LogP contribution is 2.17. The number of hydrogen-bond acceptors (Lipinski definition) is 5. The number of nitrogens with one attached hydrogen (secondary N) is 1. The molecule has 0 unspecified atom stereocenters. The molecule has 19 heavy (non-hydrogen) atoms. The van der Waals surface area contributed by atoms with Crippen molar-refractivity contribution >= 4 is 0 Å². The molecule has 1 N–H and O–H groups in total. The van der Waals surface area contributed by atoms with Gasteiger partial charge in [-0.05, 0) is 31.3 Å². The van der Waals surface area contributed by atoms with Crippen molar-refractivity contribution < 1.29 is 9.47 Å². The van der Waals surface area contributed by atoms with Gasteiger partial charge >= 0.3 is 0 Å². The molecular weight excluding hydrogens is 242 g/mol. The SMILES string of the molecule is CNCc1ccc(OCc2cccnc2OC)cn1. The Bertz CT molecular complexity index is 514. The quantitative estimate of drug-likeness (QED) is 0.857. The van der Waals surface area contributed by atoms with Crippen molar-refractivity contribution in [2.45, 2.75) is 13.2 Å². The van der Waals surface area contributed by atoms with Crippen molar-refractivity contribution in [1.29, 1.82) is 0 Å². The van der Waals surface area contributed by atoms with Crippen LogP contribution in [0.2, 0.25) is 0 Å². The minimum atomic E-state index is 0.407. The Balaban J connectivity index is 1.98. The van der Waals surface area contributed by atoms with E-state index in [2.05, 4.69) is 15.3 Å². The molecule has 0 aliphatic rings. The van der Waals surface area contributed by atoms with E-state index in [4.69, 9.17) is 9.47 Å². The van der Waals surface area contributed by atoms with Gasteiger partial charge in [0, 0.05) is 12.7 Å². The molecule has 0 bridgehead atoms. The molecule has 0 spiro atoms. The van der Waals surface area contributed by atoms with Crippen molar-refractivity contribution in [3.63, 3.8) is 0 Å². The summed E-state index contributed by atoms with van der Waals surface area (Å²) in [4.78, 5) is 8.41. The fraction of sp³-hybridized carbons (Fsp3) is 0.286. The summed E-state index contributed by atoms with van der Waals surface area (Å²) >= 11 is 0. The molecule has 2 aromatic heterocycles. The van der Waals surface area contributed by atoms with E-state index in [0.29, 0.717) is 12.5 Å². The van der Waals surface area contributed by atoms with E-state index in [9.17, 15) is 0 Å². The van der Waals surface area contributed by atoms with Crippen molar-refractivity contribution in [2.75, 3.05) is 14.2 Å². The number of hydrogen-bond donors (Lipinski definition) is 1. The van der Waals surface area contributed by atoms with Crippen molar-refractivity contribution in [3.05, 3.63) is 47.9 Å². The van der Waals surface area contributed by atoms with E-state index in [1.54, 1.807) is 19.5 Å². The second kappa shape index (κ2) is 6.70. The Morgan fingerprint density at radius 3 is 2.79 bits per heavy atom. The Kier molecular flexibility index (Phi) is 4.69. The van der Waals surface area contributed by atoms with Crippen LogP contribution in [0.15, 0.2) is 36.7 Å². The normalized spacial score (nSPS) is 10.2. The minimum absolute atomic E-state index is 0.407. The van der Waals surface area contributed by atoms with Crippen molar-refractivity contribution in [3.8, 4) is 11.6 Å². The van der Waals surface area contributed by atoms with Crippen LogP contribution in [0.1, 0.15) is 11.3 Å². The zero-order valence-corrected chi connectivity index (χ0v) is 11.1. The molecule has 0 aromatic carbocycles. The summed E-state index contributed by atoms with van der Waals surface area (Å²) < 4.78 is 10.8. The zero-order valence-electron chi connectivity index (χ0n) is 11.1. The summed E-state index contributed by atoms with van der Waals surface area (Å²) in [6.45, 7) is 1.15. The molecule has 2 aromatic rings. The highest BCUT2D eigenvalue weighted by Gasteiger charge is 2.04. The van der Waals surface area contributed by atoms with Gasteiger partial charge in [-0.1, -0.05) is 0 Å². The van der Waals surface area contributed by atoms with Gasteiger partial charge in [-0.3, -0.25) is 4.98 Å². The lowest BCUT2D eigenvalue weighted by molar-refractivity contribution is 0.292. The Labute approximate surface area is 112 Å². The van der Waals surface area contributed by atoms with Crippen LogP contribution in [0.5, 0.6) is 11.6 Å². The largest absolute Gasteiger partial charge is 0.487 e. The van der Waals surface area contributed by atoms with Gasteiger partial charge in [0.05, 0.1) is 24.6 Å². The Morgan fingerprint density at radius 1 is 1.21 bits per heavy atom. The molecule has 0 radical (unpaired) electrons. The van der Waals surface area contributed by atoms with Crippen molar-refractivity contribution in [2.24, 2.45) is 0 Å². The third-order valence-electron chi connectivity index (χ3n) is 2.59. The van der Waals surface area contributed by atoms with Gasteiger partial charge in [0.25, 0.3) is 0 Å². The van der Waals surface area contributed by atoms with Gasteiger partial charge in [0.2, 0.25) is 5.88 Å². The lowest BCUT2D eigenvalue weighted by Gasteiger charge is -2.09. The van der Waals surface area contributed by atoms with Crippen LogP contribution in [0.4, 0.5) is 0 Å². The Morgan fingerprint density at radius 2 is 2.11 bits per heavy atom. The first-order chi connectivity index (χ1) is 9.33. The summed E-state index contributed by atoms with van der Waals surface area (Å²) in [5.41, 5.74) is 1.89. The van der Waals surface area contributed by atoms with E-state index in [1.165, 1.54) is 0 Å². The maximum absolute atomic E-state index is 5.66. The maximum Gasteiger partial charge on any atom is 0.219 e. The minimum Gasteiger partial charge on any atom is -0.487 e. The van der Waals surface area contributed by atoms with E-state index < -0.39 is 0 Å². The van der Waals surface area contributed by atoms with Gasteiger partial charge < -0.3 is 14.8 Å². The summed E-state index contributed by atoms with van der Waals surface area (Å²) in [5, 5.41) is 3.05. The third kappa shape index (κ3) is 3.66. The van der Waals surface area contributed by atoms with Crippen LogP contribution >= 0.6 is 0 Å². The second-order valence-electron chi connectivity index (χ2n) is 3.98. The standard InChI is InChI=1S/C14H17N3O2/c1-15-8-12-5-6-13(9-17-12)19-10-11-4-3-7-16-14(11)18-2/h3-7,9,15H,8,10H2,1-2H3. The number of methoxy groups -OCH3 is 1. The molecule has 0 aliphatic heterocycles. The van der Waals surface area contributed by atoms with Gasteiger partial charge in [-0.2, -0.15) is 0 Å². The molecule has 0 saturated heterocycles. The monoisotopic (exact) mass is 259 g/mol. The fourth-order valence-corrected chi connectivity index (χ4v) is 1.66. The molecule has 0 amide bonds. The molecule has 0 fully saturated rings. The second-order valence-corrected chi connectivity index (χ2v) is 3.98. The van der Waals surface area contributed by atoms with Crippen molar-refractivity contribution in [1.82, 2.24) is 15.3 Å². The average molecular weight is 259 g/mol. The van der Waals surface area contributed by atoms with E-state index >= 15 is 0 Å². The van der Waals surface area contributed by atoms with Crippen LogP contribution in [0.25, 0.3) is 0 Å². The van der Waals surface area contributed by atoms with E-state index in [0.717, 1.165) is 23.6 Å². The van der Waals surface area contributed by atoms with Crippen LogP contribution in [-0.4, -0.2) is 24.1 Å². The van der Waals surface area contributed by atoms with Crippen LogP contribution in [-0.2, 0) is 13.2 Å². The van der Waals surface area contributed by atoms with Crippen LogP contribution in [0.3, 0.4) is 0 Å². The molecule has 100 valence electrons. The highest BCUT2D eigenvalue weighted by atomic mass is 16.5. The van der Waals surface area contributed by atoms with Crippen LogP contribution in [0, 0.1) is 0 Å². The van der Waals surface area contributed by atoms with Crippen LogP contribution < -0.4 is 14.8 Å². The average Bonchev–Trinajstić information content (AvgIpc) is 2.47. The topological polar surface area (TPSA) is 56.3 Å². The molecule has 5 heteroatoms. The lowest BCUT2D eigenvalue weighted by atomic mass is 10.3. The number of pyridine rings is 2. The van der Waals surface area contributed by atoms with Gasteiger partial charge in [-0.15, -0.1) is 0 Å². The third-order valence-corrected chi connectivity index (χ3v) is 2.59. The Hall–Kier alpha value is -2.14. The lowest BCUT2D eigenvalue weighted by Crippen LogP contribution is -2.06. The summed E-state index contributed by atoms with van der Waals surface area (Å²) in [7, 11) is 3.49. The summed E-state index contributed by atoms with van der Waals surface area (Å²) in [6, 6.07) is 7.62. The molecule has 0 saturated carbocycles. The molecule has 5 nitrogen and oxygen atoms in total. The summed E-state index contributed by atoms with van der Waals surface area (Å²) in [6.07, 6.45) is 3.41. The molecular formula is C14H17N3O2.